The summed E-state index contributed by atoms with van der Waals surface area (Å²) in [5.41, 5.74) is 7.40. The molecule has 0 aliphatic heterocycles. The van der Waals surface area contributed by atoms with Crippen LogP contribution in [0.25, 0.3) is 10.8 Å². The highest BCUT2D eigenvalue weighted by molar-refractivity contribution is 5.86. The summed E-state index contributed by atoms with van der Waals surface area (Å²) >= 11 is 0. The Bertz CT molecular complexity index is 698. The van der Waals surface area contributed by atoms with Crippen LogP contribution < -0.4 is 5.73 Å². The Kier molecular flexibility index (Phi) is 2.97. The number of benzene rings is 2. The first kappa shape index (κ1) is 11.8. The van der Waals surface area contributed by atoms with Crippen molar-refractivity contribution in [2.45, 2.75) is 12.5 Å². The van der Waals surface area contributed by atoms with Crippen molar-refractivity contribution in [1.82, 2.24) is 20.2 Å². The first-order valence-corrected chi connectivity index (χ1v) is 6.20. The van der Waals surface area contributed by atoms with Crippen LogP contribution in [0.1, 0.15) is 17.4 Å². The number of nitrogens with two attached hydrogens (primary N) is 1. The monoisotopic (exact) mass is 253 g/mol. The summed E-state index contributed by atoms with van der Waals surface area (Å²) < 4.78 is 0. The molecule has 1 heterocycles. The second-order valence-electron chi connectivity index (χ2n) is 4.57. The van der Waals surface area contributed by atoms with E-state index >= 15 is 0 Å². The average molecular weight is 253 g/mol. The molecule has 0 amide bonds. The van der Waals surface area contributed by atoms with Gasteiger partial charge >= 0.3 is 0 Å². The third kappa shape index (κ3) is 2.32. The molecule has 0 saturated carbocycles. The highest BCUT2D eigenvalue weighted by Crippen LogP contribution is 2.24. The first-order chi connectivity index (χ1) is 9.24. The fraction of sp³-hybridized carbons (Fsp3) is 0.214. The summed E-state index contributed by atoms with van der Waals surface area (Å²) in [6.07, 6.45) is 0.585. The van der Waals surface area contributed by atoms with Gasteiger partial charge in [0.2, 0.25) is 0 Å². The molecule has 0 bridgehead atoms. The maximum absolute atomic E-state index is 6.29. The van der Waals surface area contributed by atoms with Crippen LogP contribution in [0.5, 0.6) is 0 Å². The molecule has 0 saturated heterocycles. The van der Waals surface area contributed by atoms with Crippen molar-refractivity contribution >= 4 is 10.8 Å². The lowest BCUT2D eigenvalue weighted by molar-refractivity contribution is 0.623. The summed E-state index contributed by atoms with van der Waals surface area (Å²) in [5.74, 6) is 0.669. The number of aryl methyl sites for hydroxylation is 1. The fourth-order valence-corrected chi connectivity index (χ4v) is 2.29. The third-order valence-electron chi connectivity index (χ3n) is 3.18. The van der Waals surface area contributed by atoms with E-state index in [1.165, 1.54) is 15.6 Å². The summed E-state index contributed by atoms with van der Waals surface area (Å²) in [6.45, 7) is 0. The van der Waals surface area contributed by atoms with Crippen LogP contribution in [0.2, 0.25) is 0 Å². The van der Waals surface area contributed by atoms with Crippen LogP contribution in [-0.2, 0) is 13.5 Å². The zero-order chi connectivity index (χ0) is 13.2. The first-order valence-electron chi connectivity index (χ1n) is 6.20. The van der Waals surface area contributed by atoms with Gasteiger partial charge in [-0.05, 0) is 21.5 Å². The van der Waals surface area contributed by atoms with Crippen LogP contribution in [0.15, 0.2) is 42.5 Å². The molecule has 3 aromatic rings. The van der Waals surface area contributed by atoms with Crippen molar-refractivity contribution < 1.29 is 0 Å². The highest BCUT2D eigenvalue weighted by atomic mass is 15.6. The predicted molar refractivity (Wildman–Crippen MR) is 73.4 cm³/mol. The van der Waals surface area contributed by atoms with Crippen LogP contribution in [0, 0.1) is 0 Å². The Morgan fingerprint density at radius 1 is 1.16 bits per heavy atom. The molecule has 1 aromatic heterocycles. The molecule has 2 N–H and O–H groups in total. The normalized spacial score (nSPS) is 12.7. The number of nitrogens with zero attached hydrogens (tertiary/aromatic N) is 4. The number of hydrogen-bond donors (Lipinski definition) is 1. The molecular weight excluding hydrogens is 238 g/mol. The number of hydrogen-bond acceptors (Lipinski definition) is 4. The molecular formula is C14H15N5. The van der Waals surface area contributed by atoms with E-state index in [0.29, 0.717) is 12.2 Å². The summed E-state index contributed by atoms with van der Waals surface area (Å²) in [7, 11) is 1.75. The van der Waals surface area contributed by atoms with Gasteiger partial charge < -0.3 is 5.73 Å². The lowest BCUT2D eigenvalue weighted by Gasteiger charge is -2.12. The molecule has 0 spiro atoms. The Morgan fingerprint density at radius 2 is 1.95 bits per heavy atom. The number of tetrazole rings is 1. The molecule has 0 aliphatic carbocycles. The summed E-state index contributed by atoms with van der Waals surface area (Å²) in [5, 5.41) is 14.4. The van der Waals surface area contributed by atoms with Gasteiger partial charge in [0.1, 0.15) is 0 Å². The summed E-state index contributed by atoms with van der Waals surface area (Å²) in [4.78, 5) is 1.45. The minimum atomic E-state index is -0.129. The van der Waals surface area contributed by atoms with Crippen LogP contribution in [0.4, 0.5) is 0 Å². The Hall–Kier alpha value is -2.27. The van der Waals surface area contributed by atoms with E-state index in [1.54, 1.807) is 7.05 Å². The van der Waals surface area contributed by atoms with Crippen molar-refractivity contribution in [2.24, 2.45) is 12.8 Å². The van der Waals surface area contributed by atoms with E-state index in [2.05, 4.69) is 39.7 Å². The molecule has 96 valence electrons. The molecule has 0 aliphatic rings. The van der Waals surface area contributed by atoms with E-state index in [1.807, 2.05) is 18.2 Å². The van der Waals surface area contributed by atoms with Gasteiger partial charge in [0.15, 0.2) is 5.82 Å². The minimum Gasteiger partial charge on any atom is -0.324 e. The predicted octanol–water partition coefficient (Wildman–Crippen LogP) is 1.61. The Labute approximate surface area is 111 Å². The van der Waals surface area contributed by atoms with Crippen LogP contribution in [-0.4, -0.2) is 20.2 Å². The maximum atomic E-state index is 6.29. The van der Waals surface area contributed by atoms with Gasteiger partial charge in [-0.3, -0.25) is 0 Å². The zero-order valence-corrected chi connectivity index (χ0v) is 10.7. The lowest BCUT2D eigenvalue weighted by Crippen LogP contribution is -2.14. The van der Waals surface area contributed by atoms with Gasteiger partial charge in [0.05, 0.1) is 7.05 Å². The van der Waals surface area contributed by atoms with Crippen LogP contribution >= 0.6 is 0 Å². The van der Waals surface area contributed by atoms with Gasteiger partial charge in [0.25, 0.3) is 0 Å². The maximum Gasteiger partial charge on any atom is 0.176 e. The Balaban J connectivity index is 1.95. The van der Waals surface area contributed by atoms with E-state index in [0.717, 1.165) is 5.56 Å². The lowest BCUT2D eigenvalue weighted by atomic mass is 9.97. The van der Waals surface area contributed by atoms with Crippen molar-refractivity contribution in [1.29, 1.82) is 0 Å². The van der Waals surface area contributed by atoms with Gasteiger partial charge in [-0.15, -0.1) is 10.2 Å². The topological polar surface area (TPSA) is 69.6 Å². The zero-order valence-electron chi connectivity index (χ0n) is 10.7. The molecule has 2 aromatic carbocycles. The number of rotatable bonds is 3. The van der Waals surface area contributed by atoms with Gasteiger partial charge in [-0.25, -0.2) is 0 Å². The van der Waals surface area contributed by atoms with Crippen molar-refractivity contribution in [3.8, 4) is 0 Å². The van der Waals surface area contributed by atoms with E-state index in [4.69, 9.17) is 5.73 Å². The SMILES string of the molecule is Cn1nnc(CC(N)c2cccc3ccccc23)n1. The van der Waals surface area contributed by atoms with Crippen molar-refractivity contribution in [3.05, 3.63) is 53.9 Å². The second kappa shape index (κ2) is 4.78. The molecule has 0 radical (unpaired) electrons. The molecule has 5 heteroatoms. The second-order valence-corrected chi connectivity index (χ2v) is 4.57. The van der Waals surface area contributed by atoms with E-state index in [-0.39, 0.29) is 6.04 Å². The van der Waals surface area contributed by atoms with Gasteiger partial charge in [-0.1, -0.05) is 42.5 Å². The van der Waals surface area contributed by atoms with E-state index < -0.39 is 0 Å². The molecule has 1 atom stereocenters. The molecule has 3 rings (SSSR count). The van der Waals surface area contributed by atoms with Gasteiger partial charge in [0, 0.05) is 12.5 Å². The van der Waals surface area contributed by atoms with Crippen LogP contribution in [0.3, 0.4) is 0 Å². The Morgan fingerprint density at radius 3 is 2.74 bits per heavy atom. The third-order valence-corrected chi connectivity index (χ3v) is 3.18. The minimum absolute atomic E-state index is 0.129. The standard InChI is InChI=1S/C14H15N5/c1-19-17-14(16-18-19)9-13(15)12-8-4-6-10-5-2-3-7-11(10)12/h2-8,13H,9,15H2,1H3. The molecule has 5 nitrogen and oxygen atoms in total. The van der Waals surface area contributed by atoms with E-state index in [9.17, 15) is 0 Å². The van der Waals surface area contributed by atoms with Crippen molar-refractivity contribution in [3.63, 3.8) is 0 Å². The highest BCUT2D eigenvalue weighted by Gasteiger charge is 2.13. The average Bonchev–Trinajstić information content (AvgIpc) is 2.83. The summed E-state index contributed by atoms with van der Waals surface area (Å²) in [6, 6.07) is 14.3. The quantitative estimate of drug-likeness (QED) is 0.769. The molecule has 0 fully saturated rings. The number of fused-ring (bicyclic) bond motifs is 1. The molecule has 19 heavy (non-hydrogen) atoms. The van der Waals surface area contributed by atoms with Crippen molar-refractivity contribution in [2.75, 3.05) is 0 Å². The smallest absolute Gasteiger partial charge is 0.176 e. The number of aromatic nitrogens is 4. The largest absolute Gasteiger partial charge is 0.324 e. The fourth-order valence-electron chi connectivity index (χ4n) is 2.29. The van der Waals surface area contributed by atoms with Gasteiger partial charge in [-0.2, -0.15) is 4.80 Å². The molecule has 1 unspecified atom stereocenters.